The van der Waals surface area contributed by atoms with Crippen molar-refractivity contribution in [1.82, 2.24) is 9.21 Å². The molecule has 0 saturated carbocycles. The van der Waals surface area contributed by atoms with Crippen LogP contribution < -0.4 is 4.74 Å². The molecule has 0 unspecified atom stereocenters. The van der Waals surface area contributed by atoms with E-state index in [-0.39, 0.29) is 35.5 Å². The van der Waals surface area contributed by atoms with E-state index in [1.807, 2.05) is 18.2 Å². The van der Waals surface area contributed by atoms with Crippen LogP contribution in [0.2, 0.25) is 5.02 Å². The summed E-state index contributed by atoms with van der Waals surface area (Å²) in [7, 11) is -3.66. The number of carbonyl (C=O) groups is 1. The molecule has 26 heavy (non-hydrogen) atoms. The van der Waals surface area contributed by atoms with Crippen molar-refractivity contribution < 1.29 is 17.9 Å². The van der Waals surface area contributed by atoms with Gasteiger partial charge in [-0.2, -0.15) is 4.31 Å². The molecule has 1 aliphatic rings. The van der Waals surface area contributed by atoms with Crippen molar-refractivity contribution in [2.24, 2.45) is 0 Å². The number of halogens is 1. The molecule has 0 aromatic heterocycles. The van der Waals surface area contributed by atoms with Crippen LogP contribution in [0, 0.1) is 0 Å². The van der Waals surface area contributed by atoms with Crippen LogP contribution in [0.1, 0.15) is 0 Å². The molecule has 0 radical (unpaired) electrons. The summed E-state index contributed by atoms with van der Waals surface area (Å²) in [5, 5.41) is 0.197. The molecule has 2 aromatic rings. The first kappa shape index (κ1) is 18.7. The molecule has 1 amide bonds. The predicted molar refractivity (Wildman–Crippen MR) is 98.7 cm³/mol. The van der Waals surface area contributed by atoms with Gasteiger partial charge in [-0.25, -0.2) is 8.42 Å². The van der Waals surface area contributed by atoms with Crippen molar-refractivity contribution in [3.63, 3.8) is 0 Å². The molecule has 3 rings (SSSR count). The zero-order valence-electron chi connectivity index (χ0n) is 14.0. The topological polar surface area (TPSA) is 66.9 Å². The van der Waals surface area contributed by atoms with Crippen LogP contribution in [0.4, 0.5) is 0 Å². The summed E-state index contributed by atoms with van der Waals surface area (Å²) in [6.07, 6.45) is 0. The fraction of sp³-hybridized carbons (Fsp3) is 0.278. The number of nitrogens with zero attached hydrogens (tertiary/aromatic N) is 2. The Hall–Kier alpha value is -2.09. The quantitative estimate of drug-likeness (QED) is 0.780. The largest absolute Gasteiger partial charge is 0.484 e. The van der Waals surface area contributed by atoms with Crippen LogP contribution in [0.15, 0.2) is 59.5 Å². The van der Waals surface area contributed by atoms with E-state index in [1.165, 1.54) is 10.4 Å². The number of rotatable bonds is 5. The lowest BCUT2D eigenvalue weighted by molar-refractivity contribution is -0.134. The Morgan fingerprint density at radius 2 is 1.58 bits per heavy atom. The first-order valence-electron chi connectivity index (χ1n) is 8.19. The first-order chi connectivity index (χ1) is 12.5. The third-order valence-electron chi connectivity index (χ3n) is 4.15. The molecule has 1 heterocycles. The Labute approximate surface area is 158 Å². The molecule has 138 valence electrons. The number of hydrogen-bond donors (Lipinski definition) is 0. The van der Waals surface area contributed by atoms with Crippen molar-refractivity contribution in [3.8, 4) is 5.75 Å². The van der Waals surface area contributed by atoms with E-state index < -0.39 is 10.0 Å². The van der Waals surface area contributed by atoms with E-state index in [4.69, 9.17) is 16.3 Å². The lowest BCUT2D eigenvalue weighted by atomic mass is 10.3. The van der Waals surface area contributed by atoms with E-state index in [0.29, 0.717) is 18.8 Å². The molecular weight excluding hydrogens is 376 g/mol. The van der Waals surface area contributed by atoms with Gasteiger partial charge in [0.15, 0.2) is 6.61 Å². The molecule has 0 bridgehead atoms. The summed E-state index contributed by atoms with van der Waals surface area (Å²) in [5.41, 5.74) is 0. The van der Waals surface area contributed by atoms with Crippen molar-refractivity contribution in [3.05, 3.63) is 59.6 Å². The lowest BCUT2D eigenvalue weighted by Gasteiger charge is -2.34. The molecule has 2 aromatic carbocycles. The summed E-state index contributed by atoms with van der Waals surface area (Å²) in [6, 6.07) is 15.5. The van der Waals surface area contributed by atoms with Gasteiger partial charge in [-0.1, -0.05) is 41.9 Å². The van der Waals surface area contributed by atoms with Gasteiger partial charge in [0.25, 0.3) is 5.91 Å². The monoisotopic (exact) mass is 394 g/mol. The van der Waals surface area contributed by atoms with Crippen LogP contribution in [0.25, 0.3) is 0 Å². The van der Waals surface area contributed by atoms with Gasteiger partial charge in [-0.05, 0) is 24.3 Å². The minimum absolute atomic E-state index is 0.0682. The number of para-hydroxylation sites is 1. The number of benzene rings is 2. The molecule has 0 spiro atoms. The highest BCUT2D eigenvalue weighted by molar-refractivity contribution is 7.89. The highest BCUT2D eigenvalue weighted by atomic mass is 35.5. The van der Waals surface area contributed by atoms with Crippen LogP contribution in [0.5, 0.6) is 5.75 Å². The Kier molecular flexibility index (Phi) is 5.80. The Morgan fingerprint density at radius 1 is 0.962 bits per heavy atom. The van der Waals surface area contributed by atoms with E-state index in [0.717, 1.165) is 0 Å². The average molecular weight is 395 g/mol. The summed E-state index contributed by atoms with van der Waals surface area (Å²) >= 11 is 6.02. The smallest absolute Gasteiger partial charge is 0.260 e. The molecule has 6 nitrogen and oxygen atoms in total. The molecule has 1 aliphatic heterocycles. The number of carbonyl (C=O) groups excluding carboxylic acids is 1. The van der Waals surface area contributed by atoms with Crippen LogP contribution >= 0.6 is 11.6 Å². The zero-order valence-corrected chi connectivity index (χ0v) is 15.6. The standard InChI is InChI=1S/C18H19ClN2O4S/c19-16-8-4-5-9-17(16)26(23,24)21-12-10-20(11-13-21)18(22)14-25-15-6-2-1-3-7-15/h1-9H,10-14H2. The van der Waals surface area contributed by atoms with Crippen molar-refractivity contribution in [1.29, 1.82) is 0 Å². The van der Waals surface area contributed by atoms with Crippen molar-refractivity contribution in [2.45, 2.75) is 4.90 Å². The van der Waals surface area contributed by atoms with E-state index in [9.17, 15) is 13.2 Å². The maximum Gasteiger partial charge on any atom is 0.260 e. The summed E-state index contributed by atoms with van der Waals surface area (Å²) in [4.78, 5) is 14.0. The highest BCUT2D eigenvalue weighted by Crippen LogP contribution is 2.25. The predicted octanol–water partition coefficient (Wildman–Crippen LogP) is 2.25. The third kappa shape index (κ3) is 4.17. The molecular formula is C18H19ClN2O4S. The highest BCUT2D eigenvalue weighted by Gasteiger charge is 2.31. The Bertz CT molecular complexity index is 866. The van der Waals surface area contributed by atoms with E-state index in [2.05, 4.69) is 0 Å². The summed E-state index contributed by atoms with van der Waals surface area (Å²) in [6.45, 7) is 1.03. The maximum atomic E-state index is 12.7. The molecule has 0 aliphatic carbocycles. The summed E-state index contributed by atoms with van der Waals surface area (Å²) in [5.74, 6) is 0.462. The Balaban J connectivity index is 1.57. The minimum atomic E-state index is -3.66. The Morgan fingerprint density at radius 3 is 2.23 bits per heavy atom. The van der Waals surface area contributed by atoms with Gasteiger partial charge in [0.2, 0.25) is 10.0 Å². The van der Waals surface area contributed by atoms with E-state index >= 15 is 0 Å². The normalized spacial score (nSPS) is 15.7. The average Bonchev–Trinajstić information content (AvgIpc) is 2.67. The second-order valence-electron chi connectivity index (χ2n) is 5.82. The molecule has 8 heteroatoms. The van der Waals surface area contributed by atoms with Gasteiger partial charge >= 0.3 is 0 Å². The van der Waals surface area contributed by atoms with Gasteiger partial charge in [-0.3, -0.25) is 4.79 Å². The maximum absolute atomic E-state index is 12.7. The fourth-order valence-corrected chi connectivity index (χ4v) is 4.64. The van der Waals surface area contributed by atoms with E-state index in [1.54, 1.807) is 35.2 Å². The lowest BCUT2D eigenvalue weighted by Crippen LogP contribution is -2.51. The minimum Gasteiger partial charge on any atom is -0.484 e. The second kappa shape index (κ2) is 8.07. The fourth-order valence-electron chi connectivity index (χ4n) is 2.72. The molecule has 1 saturated heterocycles. The van der Waals surface area contributed by atoms with Crippen LogP contribution in [0.3, 0.4) is 0 Å². The summed E-state index contributed by atoms with van der Waals surface area (Å²) < 4.78 is 32.2. The van der Waals surface area contributed by atoms with Crippen molar-refractivity contribution in [2.75, 3.05) is 32.8 Å². The van der Waals surface area contributed by atoms with Gasteiger partial charge < -0.3 is 9.64 Å². The molecule has 1 fully saturated rings. The van der Waals surface area contributed by atoms with Gasteiger partial charge in [0, 0.05) is 26.2 Å². The first-order valence-corrected chi connectivity index (χ1v) is 10.0. The van der Waals surface area contributed by atoms with Gasteiger partial charge in [-0.15, -0.1) is 0 Å². The number of piperazine rings is 1. The SMILES string of the molecule is O=C(COc1ccccc1)N1CCN(S(=O)(=O)c2ccccc2Cl)CC1. The number of ether oxygens (including phenoxy) is 1. The number of amides is 1. The number of sulfonamides is 1. The molecule has 0 atom stereocenters. The van der Waals surface area contributed by atoms with Crippen molar-refractivity contribution >= 4 is 27.5 Å². The van der Waals surface area contributed by atoms with Crippen LogP contribution in [-0.4, -0.2) is 56.3 Å². The third-order valence-corrected chi connectivity index (χ3v) is 6.55. The van der Waals surface area contributed by atoms with Gasteiger partial charge in [0.05, 0.1) is 5.02 Å². The zero-order chi connectivity index (χ0) is 18.6. The second-order valence-corrected chi connectivity index (χ2v) is 8.13. The van der Waals surface area contributed by atoms with Crippen LogP contribution in [-0.2, 0) is 14.8 Å². The number of hydrogen-bond acceptors (Lipinski definition) is 4. The molecule has 0 N–H and O–H groups in total. The van der Waals surface area contributed by atoms with Gasteiger partial charge in [0.1, 0.15) is 10.6 Å².